The second-order valence-corrected chi connectivity index (χ2v) is 7.10. The Morgan fingerprint density at radius 1 is 1.00 bits per heavy atom. The fourth-order valence-corrected chi connectivity index (χ4v) is 2.77. The number of hydrogen-bond donors (Lipinski definition) is 3. The maximum Gasteiger partial charge on any atom is 0.336 e. The molecule has 1 rings (SSSR count). The van der Waals surface area contributed by atoms with Gasteiger partial charge >= 0.3 is 5.97 Å². The third-order valence-corrected chi connectivity index (χ3v) is 4.39. The van der Waals surface area contributed by atoms with Crippen molar-refractivity contribution in [3.8, 4) is 11.5 Å². The summed E-state index contributed by atoms with van der Waals surface area (Å²) in [6.45, 7) is 8.17. The Kier molecular flexibility index (Phi) is 9.41. The Morgan fingerprint density at radius 3 is 2.30 bits per heavy atom. The summed E-state index contributed by atoms with van der Waals surface area (Å²) in [5, 5.41) is 30.2. The lowest BCUT2D eigenvalue weighted by molar-refractivity contribution is 0.0695. The number of carboxylic acids is 1. The van der Waals surface area contributed by atoms with Crippen molar-refractivity contribution in [3.63, 3.8) is 0 Å². The number of rotatable bonds is 10. The molecule has 0 bridgehead atoms. The van der Waals surface area contributed by atoms with Crippen LogP contribution in [0.15, 0.2) is 41.5 Å². The molecule has 1 aromatic carbocycles. The van der Waals surface area contributed by atoms with Crippen LogP contribution in [0.2, 0.25) is 0 Å². The van der Waals surface area contributed by atoms with Gasteiger partial charge < -0.3 is 15.3 Å². The average Bonchev–Trinajstić information content (AvgIpc) is 2.60. The first-order valence-corrected chi connectivity index (χ1v) is 9.51. The van der Waals surface area contributed by atoms with Crippen LogP contribution in [0.3, 0.4) is 0 Å². The van der Waals surface area contributed by atoms with E-state index in [1.165, 1.54) is 11.6 Å². The van der Waals surface area contributed by atoms with Crippen molar-refractivity contribution in [2.75, 3.05) is 0 Å². The number of carboxylic acid groups (broad SMARTS) is 1. The zero-order chi connectivity index (χ0) is 20.4. The highest BCUT2D eigenvalue weighted by Gasteiger charge is 2.20. The Balaban J connectivity index is 3.07. The molecule has 148 valence electrons. The molecule has 0 fully saturated rings. The first kappa shape index (κ1) is 22.6. The number of aromatic carboxylic acids is 1. The first-order valence-electron chi connectivity index (χ1n) is 9.51. The number of allylic oxidation sites excluding steroid dienone is 6. The maximum atomic E-state index is 11.7. The quantitative estimate of drug-likeness (QED) is 0.351. The molecule has 0 radical (unpaired) electrons. The molecule has 0 heterocycles. The molecule has 3 N–H and O–H groups in total. The molecule has 1 aromatic rings. The van der Waals surface area contributed by atoms with Crippen molar-refractivity contribution in [2.24, 2.45) is 0 Å². The number of aromatic hydroxyl groups is 2. The lowest BCUT2D eigenvalue weighted by atomic mass is 9.96. The topological polar surface area (TPSA) is 77.8 Å². The number of benzene rings is 1. The monoisotopic (exact) mass is 372 g/mol. The van der Waals surface area contributed by atoms with Gasteiger partial charge in [-0.2, -0.15) is 0 Å². The van der Waals surface area contributed by atoms with E-state index < -0.39 is 5.97 Å². The second-order valence-electron chi connectivity index (χ2n) is 7.10. The summed E-state index contributed by atoms with van der Waals surface area (Å²) in [7, 11) is 0. The molecule has 0 unspecified atom stereocenters. The summed E-state index contributed by atoms with van der Waals surface area (Å²) >= 11 is 0. The largest absolute Gasteiger partial charge is 0.504 e. The Hall–Kier alpha value is -2.49. The predicted octanol–water partition coefficient (Wildman–Crippen LogP) is 5.93. The number of carbonyl (C=O) groups is 1. The van der Waals surface area contributed by atoms with E-state index in [-0.39, 0.29) is 29.0 Å². The summed E-state index contributed by atoms with van der Waals surface area (Å²) in [4.78, 5) is 11.7. The molecule has 27 heavy (non-hydrogen) atoms. The van der Waals surface area contributed by atoms with Crippen LogP contribution in [0.4, 0.5) is 0 Å². The minimum absolute atomic E-state index is 0.0394. The van der Waals surface area contributed by atoms with Crippen molar-refractivity contribution in [3.05, 3.63) is 58.2 Å². The van der Waals surface area contributed by atoms with Crippen molar-refractivity contribution in [1.29, 1.82) is 0 Å². The van der Waals surface area contributed by atoms with Gasteiger partial charge in [-0.05, 0) is 58.9 Å². The lowest BCUT2D eigenvalue weighted by Crippen LogP contribution is -2.04. The van der Waals surface area contributed by atoms with E-state index >= 15 is 0 Å². The van der Waals surface area contributed by atoms with Gasteiger partial charge in [-0.15, -0.1) is 0 Å². The van der Waals surface area contributed by atoms with E-state index in [4.69, 9.17) is 0 Å². The van der Waals surface area contributed by atoms with Crippen LogP contribution in [-0.4, -0.2) is 21.3 Å². The molecule has 0 aliphatic carbocycles. The Morgan fingerprint density at radius 2 is 1.70 bits per heavy atom. The molecule has 0 aliphatic heterocycles. The molecule has 4 heteroatoms. The second kappa shape index (κ2) is 11.3. The summed E-state index contributed by atoms with van der Waals surface area (Å²) in [6, 6.07) is 1.47. The van der Waals surface area contributed by atoms with Crippen LogP contribution in [0.5, 0.6) is 11.5 Å². The summed E-state index contributed by atoms with van der Waals surface area (Å²) in [5.41, 5.74) is 3.10. The van der Waals surface area contributed by atoms with Gasteiger partial charge in [-0.25, -0.2) is 4.79 Å². The molecular weight excluding hydrogens is 340 g/mol. The molecule has 0 amide bonds. The third kappa shape index (κ3) is 7.33. The minimum Gasteiger partial charge on any atom is -0.504 e. The van der Waals surface area contributed by atoms with Crippen molar-refractivity contribution in [1.82, 2.24) is 0 Å². The van der Waals surface area contributed by atoms with Gasteiger partial charge in [0.2, 0.25) is 0 Å². The molecule has 0 saturated heterocycles. The van der Waals surface area contributed by atoms with E-state index in [2.05, 4.69) is 26.8 Å². The van der Waals surface area contributed by atoms with E-state index in [1.807, 2.05) is 25.2 Å². The van der Waals surface area contributed by atoms with Crippen LogP contribution >= 0.6 is 0 Å². The number of unbranched alkanes of at least 4 members (excludes halogenated alkanes) is 1. The van der Waals surface area contributed by atoms with Crippen LogP contribution in [0.25, 0.3) is 0 Å². The molecule has 0 aromatic heterocycles. The number of phenols is 2. The molecule has 4 nitrogen and oxygen atoms in total. The SMILES string of the molecule is CCC/C=C/Cc1cc(C(=O)O)c(C/C=C(\C)CCC=C(C)C)c(O)c1O. The minimum atomic E-state index is -1.10. The van der Waals surface area contributed by atoms with Gasteiger partial charge in [-0.3, -0.25) is 0 Å². The molecular formula is C23H32O4. The Labute approximate surface area is 162 Å². The normalized spacial score (nSPS) is 11.8. The summed E-state index contributed by atoms with van der Waals surface area (Å²) in [5.74, 6) is -1.66. The van der Waals surface area contributed by atoms with Crippen molar-refractivity contribution in [2.45, 2.75) is 66.2 Å². The molecule has 0 saturated carbocycles. The van der Waals surface area contributed by atoms with Gasteiger partial charge in [0.15, 0.2) is 11.5 Å². The maximum absolute atomic E-state index is 11.7. The number of phenolic OH excluding ortho intramolecular Hbond substituents is 2. The lowest BCUT2D eigenvalue weighted by Gasteiger charge is -2.13. The highest BCUT2D eigenvalue weighted by Crippen LogP contribution is 2.36. The van der Waals surface area contributed by atoms with Gasteiger partial charge in [0.05, 0.1) is 5.56 Å². The highest BCUT2D eigenvalue weighted by atomic mass is 16.4. The molecule has 0 atom stereocenters. The van der Waals surface area contributed by atoms with Crippen LogP contribution in [-0.2, 0) is 12.8 Å². The highest BCUT2D eigenvalue weighted by molar-refractivity contribution is 5.91. The van der Waals surface area contributed by atoms with E-state index in [1.54, 1.807) is 0 Å². The zero-order valence-electron chi connectivity index (χ0n) is 16.9. The van der Waals surface area contributed by atoms with Gasteiger partial charge in [-0.1, -0.05) is 48.8 Å². The van der Waals surface area contributed by atoms with Crippen LogP contribution in [0, 0.1) is 0 Å². The molecule has 0 aliphatic rings. The smallest absolute Gasteiger partial charge is 0.336 e. The number of hydrogen-bond acceptors (Lipinski definition) is 3. The first-order chi connectivity index (χ1) is 12.8. The van der Waals surface area contributed by atoms with Crippen LogP contribution < -0.4 is 0 Å². The Bertz CT molecular complexity index is 735. The standard InChI is InChI=1S/C23H32O4/c1-5-6-7-8-12-18-15-20(23(26)27)19(22(25)21(18)24)14-13-17(4)11-9-10-16(2)3/h7-8,10,13,15,24-25H,5-6,9,11-12,14H2,1-4H3,(H,26,27)/b8-7+,17-13+. The average molecular weight is 373 g/mol. The zero-order valence-corrected chi connectivity index (χ0v) is 16.9. The fraction of sp³-hybridized carbons (Fsp3) is 0.435. The molecule has 0 spiro atoms. The summed E-state index contributed by atoms with van der Waals surface area (Å²) < 4.78 is 0. The van der Waals surface area contributed by atoms with Crippen LogP contribution in [0.1, 0.15) is 74.9 Å². The van der Waals surface area contributed by atoms with Gasteiger partial charge in [0.25, 0.3) is 0 Å². The summed E-state index contributed by atoms with van der Waals surface area (Å²) in [6.07, 6.45) is 12.4. The van der Waals surface area contributed by atoms with Crippen molar-refractivity contribution >= 4 is 5.97 Å². The van der Waals surface area contributed by atoms with Crippen molar-refractivity contribution < 1.29 is 20.1 Å². The third-order valence-electron chi connectivity index (χ3n) is 4.39. The predicted molar refractivity (Wildman–Crippen MR) is 111 cm³/mol. The van der Waals surface area contributed by atoms with E-state index in [0.29, 0.717) is 12.0 Å². The van der Waals surface area contributed by atoms with E-state index in [0.717, 1.165) is 31.3 Å². The van der Waals surface area contributed by atoms with Gasteiger partial charge in [0.1, 0.15) is 0 Å². The van der Waals surface area contributed by atoms with E-state index in [9.17, 15) is 20.1 Å². The fourth-order valence-electron chi connectivity index (χ4n) is 2.77. The van der Waals surface area contributed by atoms with Gasteiger partial charge in [0, 0.05) is 11.1 Å².